The monoisotopic (exact) mass is 350 g/mol. The Bertz CT molecular complexity index is 715. The van der Waals surface area contributed by atoms with Crippen molar-refractivity contribution in [3.8, 4) is 0 Å². The normalized spacial score (nSPS) is 23.2. The molecule has 0 bridgehead atoms. The van der Waals surface area contributed by atoms with Crippen LogP contribution in [0.1, 0.15) is 43.2 Å². The van der Waals surface area contributed by atoms with Crippen LogP contribution >= 0.6 is 0 Å². The van der Waals surface area contributed by atoms with Crippen molar-refractivity contribution >= 4 is 15.7 Å². The number of amides is 1. The molecule has 6 heteroatoms. The fraction of sp³-hybridized carbons (Fsp3) is 0.611. The van der Waals surface area contributed by atoms with E-state index in [1.807, 2.05) is 6.07 Å². The first-order chi connectivity index (χ1) is 11.5. The Labute approximate surface area is 143 Å². The van der Waals surface area contributed by atoms with E-state index in [2.05, 4.69) is 5.32 Å². The summed E-state index contributed by atoms with van der Waals surface area (Å²) in [6.07, 6.45) is 6.11. The van der Waals surface area contributed by atoms with Gasteiger partial charge in [0, 0.05) is 12.5 Å². The molecule has 2 atom stereocenters. The highest BCUT2D eigenvalue weighted by Crippen LogP contribution is 2.26. The maximum absolute atomic E-state index is 12.5. The molecule has 1 aromatic carbocycles. The second-order valence-electron chi connectivity index (χ2n) is 6.95. The number of nitrogens with two attached hydrogens (primary N) is 1. The van der Waals surface area contributed by atoms with Crippen molar-refractivity contribution in [1.29, 1.82) is 0 Å². The molecule has 2 aliphatic rings. The smallest absolute Gasteiger partial charge is 0.221 e. The maximum Gasteiger partial charge on any atom is 0.221 e. The molecule has 1 aromatic rings. The molecule has 1 fully saturated rings. The molecular weight excluding hydrogens is 324 g/mol. The van der Waals surface area contributed by atoms with Crippen molar-refractivity contribution in [2.45, 2.75) is 55.9 Å². The molecule has 0 heterocycles. The summed E-state index contributed by atoms with van der Waals surface area (Å²) < 4.78 is 25.0. The van der Waals surface area contributed by atoms with Gasteiger partial charge in [0.2, 0.25) is 5.91 Å². The molecule has 1 saturated carbocycles. The number of aryl methyl sites for hydroxylation is 2. The highest BCUT2D eigenvalue weighted by Gasteiger charge is 2.28. The fourth-order valence-corrected chi connectivity index (χ4v) is 5.16. The summed E-state index contributed by atoms with van der Waals surface area (Å²) in [5, 5.41) is 2.96. The molecule has 24 heavy (non-hydrogen) atoms. The van der Waals surface area contributed by atoms with Gasteiger partial charge >= 0.3 is 0 Å². The van der Waals surface area contributed by atoms with E-state index in [0.29, 0.717) is 17.4 Å². The molecule has 3 N–H and O–H groups in total. The van der Waals surface area contributed by atoms with Gasteiger partial charge in [-0.2, -0.15) is 0 Å². The number of carbonyl (C=O) groups excluding carboxylic acids is 1. The van der Waals surface area contributed by atoms with Crippen molar-refractivity contribution in [3.63, 3.8) is 0 Å². The van der Waals surface area contributed by atoms with Crippen LogP contribution in [0.15, 0.2) is 23.1 Å². The number of benzene rings is 1. The number of carbonyl (C=O) groups is 1. The van der Waals surface area contributed by atoms with Crippen LogP contribution < -0.4 is 11.1 Å². The topological polar surface area (TPSA) is 89.3 Å². The quantitative estimate of drug-likeness (QED) is 0.815. The lowest BCUT2D eigenvalue weighted by atomic mass is 10.0. The predicted octanol–water partition coefficient (Wildman–Crippen LogP) is 1.58. The Morgan fingerprint density at radius 1 is 1.17 bits per heavy atom. The van der Waals surface area contributed by atoms with Crippen LogP contribution in [0.4, 0.5) is 0 Å². The van der Waals surface area contributed by atoms with Gasteiger partial charge in [0.15, 0.2) is 9.84 Å². The van der Waals surface area contributed by atoms with Gasteiger partial charge in [0.25, 0.3) is 0 Å². The molecule has 5 nitrogen and oxygen atoms in total. The minimum absolute atomic E-state index is 0.00715. The Balaban J connectivity index is 1.58. The zero-order valence-corrected chi connectivity index (χ0v) is 14.8. The van der Waals surface area contributed by atoms with Crippen LogP contribution in [0.25, 0.3) is 0 Å². The highest BCUT2D eigenvalue weighted by atomic mass is 32.2. The van der Waals surface area contributed by atoms with Crippen molar-refractivity contribution in [1.82, 2.24) is 5.32 Å². The minimum Gasteiger partial charge on any atom is -0.353 e. The summed E-state index contributed by atoms with van der Waals surface area (Å²) >= 11 is 0. The lowest BCUT2D eigenvalue weighted by Gasteiger charge is -2.19. The Morgan fingerprint density at radius 2 is 1.96 bits per heavy atom. The average molecular weight is 350 g/mol. The second kappa shape index (κ2) is 7.23. The van der Waals surface area contributed by atoms with Gasteiger partial charge in [-0.3, -0.25) is 4.79 Å². The van der Waals surface area contributed by atoms with E-state index >= 15 is 0 Å². The maximum atomic E-state index is 12.5. The van der Waals surface area contributed by atoms with Gasteiger partial charge in [-0.25, -0.2) is 8.42 Å². The van der Waals surface area contributed by atoms with E-state index in [4.69, 9.17) is 5.73 Å². The molecule has 2 aliphatic carbocycles. The fourth-order valence-electron chi connectivity index (χ4n) is 3.87. The molecule has 0 aliphatic heterocycles. The molecule has 0 spiro atoms. The molecule has 0 radical (unpaired) electrons. The van der Waals surface area contributed by atoms with Crippen LogP contribution in [0.3, 0.4) is 0 Å². The van der Waals surface area contributed by atoms with Crippen molar-refractivity contribution in [3.05, 3.63) is 29.3 Å². The molecule has 132 valence electrons. The van der Waals surface area contributed by atoms with E-state index in [0.717, 1.165) is 44.1 Å². The van der Waals surface area contributed by atoms with Crippen LogP contribution in [-0.2, 0) is 27.5 Å². The van der Waals surface area contributed by atoms with Gasteiger partial charge in [0.1, 0.15) is 0 Å². The number of rotatable bonds is 6. The van der Waals surface area contributed by atoms with Gasteiger partial charge in [-0.05, 0) is 67.8 Å². The third-order valence-corrected chi connectivity index (χ3v) is 7.05. The third-order valence-electron chi connectivity index (χ3n) is 5.34. The summed E-state index contributed by atoms with van der Waals surface area (Å²) in [6.45, 7) is 0.568. The van der Waals surface area contributed by atoms with E-state index in [1.165, 1.54) is 5.56 Å². The number of hydrogen-bond donors (Lipinski definition) is 2. The SMILES string of the molecule is NCC1CCCC1NC(=O)CCS(=O)(=O)c1ccc2c(c1)CCC2. The standard InChI is InChI=1S/C18H26N2O3S/c19-12-15-5-2-6-17(15)20-18(21)9-10-24(22,23)16-8-7-13-3-1-4-14(13)11-16/h7-8,11,15,17H,1-6,9-10,12,19H2,(H,20,21). The zero-order chi connectivity index (χ0) is 17.2. The van der Waals surface area contributed by atoms with Gasteiger partial charge in [0.05, 0.1) is 10.6 Å². The largest absolute Gasteiger partial charge is 0.353 e. The predicted molar refractivity (Wildman–Crippen MR) is 93.5 cm³/mol. The molecule has 1 amide bonds. The zero-order valence-electron chi connectivity index (χ0n) is 14.0. The van der Waals surface area contributed by atoms with Gasteiger partial charge < -0.3 is 11.1 Å². The number of sulfone groups is 1. The third kappa shape index (κ3) is 3.81. The molecule has 3 rings (SSSR count). The van der Waals surface area contributed by atoms with E-state index in [-0.39, 0.29) is 24.1 Å². The molecule has 2 unspecified atom stereocenters. The number of fused-ring (bicyclic) bond motifs is 1. The van der Waals surface area contributed by atoms with Crippen LogP contribution in [0.2, 0.25) is 0 Å². The Hall–Kier alpha value is -1.40. The van der Waals surface area contributed by atoms with Crippen molar-refractivity contribution in [2.75, 3.05) is 12.3 Å². The van der Waals surface area contributed by atoms with Crippen molar-refractivity contribution < 1.29 is 13.2 Å². The van der Waals surface area contributed by atoms with Crippen LogP contribution in [0.5, 0.6) is 0 Å². The van der Waals surface area contributed by atoms with E-state index in [1.54, 1.807) is 12.1 Å². The van der Waals surface area contributed by atoms with E-state index in [9.17, 15) is 13.2 Å². The molecule has 0 saturated heterocycles. The lowest BCUT2D eigenvalue weighted by Crippen LogP contribution is -2.40. The first kappa shape index (κ1) is 17.4. The summed E-state index contributed by atoms with van der Waals surface area (Å²) in [5.74, 6) is -0.00943. The molecule has 0 aromatic heterocycles. The van der Waals surface area contributed by atoms with E-state index < -0.39 is 9.84 Å². The lowest BCUT2D eigenvalue weighted by molar-refractivity contribution is -0.121. The Kier molecular flexibility index (Phi) is 5.25. The minimum atomic E-state index is -3.42. The van der Waals surface area contributed by atoms with Gasteiger partial charge in [-0.15, -0.1) is 0 Å². The number of nitrogens with one attached hydrogen (secondary N) is 1. The second-order valence-corrected chi connectivity index (χ2v) is 9.06. The summed E-state index contributed by atoms with van der Waals surface area (Å²) in [6, 6.07) is 5.49. The van der Waals surface area contributed by atoms with Crippen molar-refractivity contribution in [2.24, 2.45) is 11.7 Å². The van der Waals surface area contributed by atoms with Crippen LogP contribution in [-0.4, -0.2) is 32.7 Å². The summed E-state index contributed by atoms with van der Waals surface area (Å²) in [4.78, 5) is 12.5. The van der Waals surface area contributed by atoms with Gasteiger partial charge in [-0.1, -0.05) is 12.5 Å². The van der Waals surface area contributed by atoms with Crippen LogP contribution in [0, 0.1) is 5.92 Å². The average Bonchev–Trinajstić information content (AvgIpc) is 3.20. The first-order valence-electron chi connectivity index (χ1n) is 8.83. The molecular formula is C18H26N2O3S. The summed E-state index contributed by atoms with van der Waals surface area (Å²) in [7, 11) is -3.42. The Morgan fingerprint density at radius 3 is 2.75 bits per heavy atom. The highest BCUT2D eigenvalue weighted by molar-refractivity contribution is 7.91. The number of hydrogen-bond acceptors (Lipinski definition) is 4. The summed E-state index contributed by atoms with van der Waals surface area (Å²) in [5.41, 5.74) is 8.10. The first-order valence-corrected chi connectivity index (χ1v) is 10.5.